The number of aliphatic hydroxyl groups excluding tert-OH is 1. The molecule has 0 radical (unpaired) electrons. The van der Waals surface area contributed by atoms with Gasteiger partial charge in [0.2, 0.25) is 0 Å². The molecule has 0 unspecified atom stereocenters. The molecule has 0 saturated carbocycles. The molecule has 0 aliphatic rings. The lowest BCUT2D eigenvalue weighted by Gasteiger charge is -2.13. The van der Waals surface area contributed by atoms with Gasteiger partial charge in [-0.3, -0.25) is 0 Å². The first-order valence-electron chi connectivity index (χ1n) is 6.24. The molecular formula is C15H12BrF3O3. The molecule has 118 valence electrons. The highest BCUT2D eigenvalue weighted by Crippen LogP contribution is 2.29. The van der Waals surface area contributed by atoms with Crippen molar-refractivity contribution < 1.29 is 27.8 Å². The minimum atomic E-state index is -4.77. The second-order valence-corrected chi connectivity index (χ2v) is 5.31. The molecule has 0 amide bonds. The third-order valence-corrected chi connectivity index (χ3v) is 3.27. The van der Waals surface area contributed by atoms with Crippen molar-refractivity contribution in [3.8, 4) is 11.5 Å². The molecule has 22 heavy (non-hydrogen) atoms. The summed E-state index contributed by atoms with van der Waals surface area (Å²) in [6.07, 6.45) is -4.77. The van der Waals surface area contributed by atoms with Gasteiger partial charge in [0.15, 0.2) is 0 Å². The van der Waals surface area contributed by atoms with E-state index >= 15 is 0 Å². The molecule has 0 bridgehead atoms. The summed E-state index contributed by atoms with van der Waals surface area (Å²) in [5.74, 6) is -0.0903. The Bertz CT molecular complexity index is 627. The first-order valence-corrected chi connectivity index (χ1v) is 7.03. The minimum Gasteiger partial charge on any atom is -0.489 e. The first kappa shape index (κ1) is 16.6. The van der Waals surface area contributed by atoms with Gasteiger partial charge in [0.05, 0.1) is 6.61 Å². The van der Waals surface area contributed by atoms with Crippen molar-refractivity contribution in [2.75, 3.05) is 0 Å². The van der Waals surface area contributed by atoms with E-state index in [-0.39, 0.29) is 12.2 Å². The fourth-order valence-corrected chi connectivity index (χ4v) is 2.02. The fraction of sp³-hybridized carbons (Fsp3) is 0.200. The summed E-state index contributed by atoms with van der Waals surface area (Å²) in [4.78, 5) is 0. The number of rotatable bonds is 5. The lowest BCUT2D eigenvalue weighted by molar-refractivity contribution is -0.274. The summed E-state index contributed by atoms with van der Waals surface area (Å²) >= 11 is 3.32. The summed E-state index contributed by atoms with van der Waals surface area (Å²) in [6.45, 7) is -0.218. The molecule has 0 aliphatic heterocycles. The molecule has 0 atom stereocenters. The summed E-state index contributed by atoms with van der Waals surface area (Å²) < 4.78 is 46.7. The van der Waals surface area contributed by atoms with Crippen LogP contribution in [0, 0.1) is 0 Å². The molecule has 1 N–H and O–H groups in total. The number of halogens is 4. The van der Waals surface area contributed by atoms with Crippen LogP contribution in [0.5, 0.6) is 11.5 Å². The van der Waals surface area contributed by atoms with Crippen LogP contribution in [0.3, 0.4) is 0 Å². The van der Waals surface area contributed by atoms with Gasteiger partial charge >= 0.3 is 6.36 Å². The van der Waals surface area contributed by atoms with E-state index in [9.17, 15) is 18.3 Å². The van der Waals surface area contributed by atoms with Crippen molar-refractivity contribution in [3.63, 3.8) is 0 Å². The Balaban J connectivity index is 2.08. The quantitative estimate of drug-likeness (QED) is 0.839. The van der Waals surface area contributed by atoms with Crippen LogP contribution in [-0.2, 0) is 13.2 Å². The minimum absolute atomic E-state index is 0.221. The van der Waals surface area contributed by atoms with E-state index in [2.05, 4.69) is 20.7 Å². The number of aliphatic hydroxyl groups is 1. The molecule has 2 rings (SSSR count). The second-order valence-electron chi connectivity index (χ2n) is 4.39. The Morgan fingerprint density at radius 3 is 2.32 bits per heavy atom. The number of hydrogen-bond donors (Lipinski definition) is 1. The topological polar surface area (TPSA) is 38.7 Å². The predicted molar refractivity (Wildman–Crippen MR) is 77.5 cm³/mol. The van der Waals surface area contributed by atoms with E-state index in [0.717, 1.165) is 22.2 Å². The molecule has 7 heteroatoms. The Morgan fingerprint density at radius 1 is 1.05 bits per heavy atom. The van der Waals surface area contributed by atoms with Gasteiger partial charge in [-0.15, -0.1) is 13.2 Å². The van der Waals surface area contributed by atoms with Crippen molar-refractivity contribution in [2.45, 2.75) is 19.6 Å². The summed E-state index contributed by atoms with van der Waals surface area (Å²) in [6, 6.07) is 11.0. The Morgan fingerprint density at radius 2 is 1.73 bits per heavy atom. The van der Waals surface area contributed by atoms with Crippen molar-refractivity contribution >= 4 is 15.9 Å². The van der Waals surface area contributed by atoms with Crippen LogP contribution in [0.15, 0.2) is 46.9 Å². The zero-order valence-corrected chi connectivity index (χ0v) is 12.8. The average molecular weight is 377 g/mol. The lowest BCUT2D eigenvalue weighted by Crippen LogP contribution is -2.17. The molecule has 0 heterocycles. The monoisotopic (exact) mass is 376 g/mol. The van der Waals surface area contributed by atoms with Gasteiger partial charge in [0, 0.05) is 10.0 Å². The van der Waals surface area contributed by atoms with Crippen molar-refractivity contribution in [3.05, 3.63) is 58.1 Å². The van der Waals surface area contributed by atoms with Gasteiger partial charge in [-0.25, -0.2) is 0 Å². The fourth-order valence-electron chi connectivity index (χ4n) is 1.76. The highest BCUT2D eigenvalue weighted by atomic mass is 79.9. The van der Waals surface area contributed by atoms with Crippen molar-refractivity contribution in [1.29, 1.82) is 0 Å². The van der Waals surface area contributed by atoms with Gasteiger partial charge in [-0.2, -0.15) is 0 Å². The van der Waals surface area contributed by atoms with Crippen LogP contribution in [0.25, 0.3) is 0 Å². The zero-order chi connectivity index (χ0) is 16.2. The maximum absolute atomic E-state index is 12.2. The van der Waals surface area contributed by atoms with Gasteiger partial charge in [0.1, 0.15) is 18.1 Å². The molecule has 0 aromatic heterocycles. The summed E-state index contributed by atoms with van der Waals surface area (Å²) in [5.41, 5.74) is 1.11. The van der Waals surface area contributed by atoms with E-state index in [0.29, 0.717) is 5.75 Å². The maximum atomic E-state index is 12.2. The van der Waals surface area contributed by atoms with E-state index < -0.39 is 18.7 Å². The molecule has 0 spiro atoms. The van der Waals surface area contributed by atoms with Gasteiger partial charge in [0.25, 0.3) is 0 Å². The van der Waals surface area contributed by atoms with Crippen molar-refractivity contribution in [2.24, 2.45) is 0 Å². The molecule has 0 saturated heterocycles. The molecule has 3 nitrogen and oxygen atoms in total. The van der Waals surface area contributed by atoms with Gasteiger partial charge in [-0.05, 0) is 35.9 Å². The Kier molecular flexibility index (Phi) is 5.31. The van der Waals surface area contributed by atoms with Crippen LogP contribution in [0.4, 0.5) is 13.2 Å². The summed E-state index contributed by atoms with van der Waals surface area (Å²) in [5, 5.41) is 9.25. The Hall–Kier alpha value is -1.73. The Labute approximate surface area is 133 Å². The number of benzene rings is 2. The number of alkyl halides is 3. The molecule has 2 aromatic rings. The second kappa shape index (κ2) is 7.02. The molecule has 0 aliphatic carbocycles. The van der Waals surface area contributed by atoms with E-state index in [1.54, 1.807) is 0 Å². The normalized spacial score (nSPS) is 11.3. The first-order chi connectivity index (χ1) is 10.4. The number of ether oxygens (including phenoxy) is 2. The lowest BCUT2D eigenvalue weighted by atomic mass is 10.2. The van der Waals surface area contributed by atoms with E-state index in [1.165, 1.54) is 6.07 Å². The van der Waals surface area contributed by atoms with Crippen molar-refractivity contribution in [1.82, 2.24) is 0 Å². The SMILES string of the molecule is OCc1cc(OC(F)(F)F)ccc1OCc1ccc(Br)cc1. The van der Waals surface area contributed by atoms with Crippen LogP contribution in [0.1, 0.15) is 11.1 Å². The largest absolute Gasteiger partial charge is 0.573 e. The average Bonchev–Trinajstić information content (AvgIpc) is 2.46. The van der Waals surface area contributed by atoms with Crippen LogP contribution in [0.2, 0.25) is 0 Å². The predicted octanol–water partition coefficient (Wildman–Crippen LogP) is 4.42. The smallest absolute Gasteiger partial charge is 0.489 e. The zero-order valence-electron chi connectivity index (χ0n) is 11.2. The number of hydrogen-bond acceptors (Lipinski definition) is 3. The third-order valence-electron chi connectivity index (χ3n) is 2.74. The van der Waals surface area contributed by atoms with Gasteiger partial charge in [-0.1, -0.05) is 28.1 Å². The molecule has 0 fully saturated rings. The molecular weight excluding hydrogens is 365 g/mol. The molecule has 2 aromatic carbocycles. The highest BCUT2D eigenvalue weighted by molar-refractivity contribution is 9.10. The van der Waals surface area contributed by atoms with E-state index in [1.807, 2.05) is 24.3 Å². The van der Waals surface area contributed by atoms with Crippen LogP contribution < -0.4 is 9.47 Å². The van der Waals surface area contributed by atoms with E-state index in [4.69, 9.17) is 4.74 Å². The van der Waals surface area contributed by atoms with Gasteiger partial charge < -0.3 is 14.6 Å². The maximum Gasteiger partial charge on any atom is 0.573 e. The summed E-state index contributed by atoms with van der Waals surface area (Å²) in [7, 11) is 0. The highest BCUT2D eigenvalue weighted by Gasteiger charge is 2.31. The van der Waals surface area contributed by atoms with Crippen LogP contribution in [-0.4, -0.2) is 11.5 Å². The standard InChI is InChI=1S/C15H12BrF3O3/c16-12-3-1-10(2-4-12)9-21-14-6-5-13(7-11(14)8-20)22-15(17,18)19/h1-7,20H,8-9H2. The third kappa shape index (κ3) is 4.92. The van der Waals surface area contributed by atoms with Crippen LogP contribution >= 0.6 is 15.9 Å².